The van der Waals surface area contributed by atoms with Gasteiger partial charge in [-0.05, 0) is 23.8 Å². The van der Waals surface area contributed by atoms with Gasteiger partial charge in [0.05, 0.1) is 11.7 Å². The molecule has 1 aliphatic rings. The van der Waals surface area contributed by atoms with Crippen LogP contribution in [-0.4, -0.2) is 48.2 Å². The number of fused-ring (bicyclic) bond motifs is 1. The number of aromatic nitrogens is 3. The number of nitrogens with zero attached hydrogens (tertiary/aromatic N) is 2. The standard InChI is InChI=1S/C17H16ClN3O5.H4N2/c18-9-3-1-8(2-4-9)11(22)14-12(23)13(24)17(26-14)21-6-5-10-15(21)19-7-20-16(10)25;1-2/h1-7,11-14,17,22-24H,(H,19,20,25);1-2H2/t11-,12+,13-,14-,17-;/m1./s1. The number of aromatic amines is 1. The number of halogens is 1. The van der Waals surface area contributed by atoms with Crippen LogP contribution in [0.15, 0.2) is 47.7 Å². The van der Waals surface area contributed by atoms with E-state index in [2.05, 4.69) is 21.7 Å². The topological polar surface area (TPSA) is 173 Å². The van der Waals surface area contributed by atoms with E-state index in [4.69, 9.17) is 16.3 Å². The van der Waals surface area contributed by atoms with E-state index in [0.29, 0.717) is 21.6 Å². The average molecular weight is 410 g/mol. The van der Waals surface area contributed by atoms with E-state index in [-0.39, 0.29) is 0 Å². The Balaban J connectivity index is 0.00000109. The van der Waals surface area contributed by atoms with Gasteiger partial charge in [0.25, 0.3) is 5.56 Å². The highest BCUT2D eigenvalue weighted by atomic mass is 35.5. The average Bonchev–Trinajstić information content (AvgIpc) is 3.26. The van der Waals surface area contributed by atoms with Gasteiger partial charge in [-0.1, -0.05) is 23.7 Å². The van der Waals surface area contributed by atoms with E-state index >= 15 is 0 Å². The Hall–Kier alpha value is -2.31. The molecule has 2 aromatic heterocycles. The minimum absolute atomic E-state index is 0.333. The van der Waals surface area contributed by atoms with Crippen LogP contribution >= 0.6 is 11.6 Å². The summed E-state index contributed by atoms with van der Waals surface area (Å²) in [7, 11) is 0. The molecule has 0 bridgehead atoms. The number of hydrogen-bond acceptors (Lipinski definition) is 8. The molecule has 3 aromatic rings. The summed E-state index contributed by atoms with van der Waals surface area (Å²) in [6, 6.07) is 8.03. The van der Waals surface area contributed by atoms with E-state index in [1.165, 1.54) is 10.9 Å². The van der Waals surface area contributed by atoms with Crippen molar-refractivity contribution in [1.29, 1.82) is 0 Å². The van der Waals surface area contributed by atoms with E-state index in [1.807, 2.05) is 0 Å². The lowest BCUT2D eigenvalue weighted by Gasteiger charge is -2.21. The minimum atomic E-state index is -1.32. The number of hydrazine groups is 1. The number of rotatable bonds is 3. The lowest BCUT2D eigenvalue weighted by molar-refractivity contribution is -0.0848. The molecule has 0 radical (unpaired) electrons. The third-order valence-corrected chi connectivity index (χ3v) is 4.85. The summed E-state index contributed by atoms with van der Waals surface area (Å²) in [5.74, 6) is 8.00. The van der Waals surface area contributed by atoms with Gasteiger partial charge in [-0.15, -0.1) is 0 Å². The van der Waals surface area contributed by atoms with Gasteiger partial charge in [-0.25, -0.2) is 0 Å². The molecule has 0 amide bonds. The maximum absolute atomic E-state index is 11.8. The van der Waals surface area contributed by atoms with Gasteiger partial charge in [-0.3, -0.25) is 16.5 Å². The third-order valence-electron chi connectivity index (χ3n) is 4.60. The van der Waals surface area contributed by atoms with Gasteiger partial charge >= 0.3 is 0 Å². The SMILES string of the molecule is NN.O=c1nc[nH]c2c1ccn2[C@@H]1O[C@H]([C@H](O)c2ccc(Cl)cc2)[C@@H](O)[C@H]1O. The lowest BCUT2D eigenvalue weighted by Crippen LogP contribution is -2.34. The maximum Gasteiger partial charge on any atom is 0.282 e. The first-order valence-corrected chi connectivity index (χ1v) is 8.68. The molecule has 1 aliphatic heterocycles. The summed E-state index contributed by atoms with van der Waals surface area (Å²) in [6.07, 6.45) is -3.01. The van der Waals surface area contributed by atoms with Crippen LogP contribution in [0, 0.1) is 0 Å². The zero-order chi connectivity index (χ0) is 20.4. The Morgan fingerprint density at radius 2 is 1.86 bits per heavy atom. The Morgan fingerprint density at radius 3 is 2.54 bits per heavy atom. The quantitative estimate of drug-likeness (QED) is 0.249. The largest absolute Gasteiger partial charge is 0.387 e. The number of H-pyrrole nitrogens is 1. The molecule has 10 nitrogen and oxygen atoms in total. The van der Waals surface area contributed by atoms with E-state index in [1.54, 1.807) is 36.5 Å². The molecule has 4 rings (SSSR count). The summed E-state index contributed by atoms with van der Waals surface area (Å²) in [6.45, 7) is 0. The van der Waals surface area contributed by atoms with E-state index in [0.717, 1.165) is 0 Å². The van der Waals surface area contributed by atoms with Crippen LogP contribution in [0.5, 0.6) is 0 Å². The summed E-state index contributed by atoms with van der Waals surface area (Å²) >= 11 is 5.85. The number of ether oxygens (including phenoxy) is 1. The van der Waals surface area contributed by atoms with Crippen molar-refractivity contribution in [3.63, 3.8) is 0 Å². The van der Waals surface area contributed by atoms with Gasteiger partial charge in [0.2, 0.25) is 0 Å². The van der Waals surface area contributed by atoms with Gasteiger partial charge in [0.15, 0.2) is 6.23 Å². The second-order valence-electron chi connectivity index (χ2n) is 6.16. The Labute approximate surface area is 163 Å². The molecule has 0 unspecified atom stereocenters. The predicted molar refractivity (Wildman–Crippen MR) is 101 cm³/mol. The van der Waals surface area contributed by atoms with Crippen molar-refractivity contribution < 1.29 is 20.1 Å². The first-order valence-electron chi connectivity index (χ1n) is 8.30. The van der Waals surface area contributed by atoms with Gasteiger partial charge < -0.3 is 29.6 Å². The maximum atomic E-state index is 11.8. The molecule has 1 saturated heterocycles. The second kappa shape index (κ2) is 8.37. The molecule has 0 saturated carbocycles. The number of aliphatic hydroxyl groups excluding tert-OH is 3. The highest BCUT2D eigenvalue weighted by Crippen LogP contribution is 2.37. The third kappa shape index (κ3) is 3.54. The molecular formula is C17H20ClN5O5. The van der Waals surface area contributed by atoms with Crippen LogP contribution in [0.25, 0.3) is 11.0 Å². The van der Waals surface area contributed by atoms with Crippen molar-refractivity contribution in [2.24, 2.45) is 11.7 Å². The molecular weight excluding hydrogens is 390 g/mol. The van der Waals surface area contributed by atoms with Crippen LogP contribution < -0.4 is 17.2 Å². The van der Waals surface area contributed by atoms with E-state index < -0.39 is 36.2 Å². The number of nitrogens with one attached hydrogen (secondary N) is 1. The highest BCUT2D eigenvalue weighted by Gasteiger charge is 2.47. The molecule has 8 N–H and O–H groups in total. The zero-order valence-electron chi connectivity index (χ0n) is 14.5. The van der Waals surface area contributed by atoms with E-state index in [9.17, 15) is 20.1 Å². The summed E-state index contributed by atoms with van der Waals surface area (Å²) in [5, 5.41) is 32.2. The van der Waals surface area contributed by atoms with Crippen molar-refractivity contribution in [2.75, 3.05) is 0 Å². The molecule has 3 heterocycles. The lowest BCUT2D eigenvalue weighted by atomic mass is 9.99. The Kier molecular flexibility index (Phi) is 6.10. The van der Waals surface area contributed by atoms with Crippen LogP contribution in [0.1, 0.15) is 17.9 Å². The number of nitrogens with two attached hydrogens (primary N) is 2. The summed E-state index contributed by atoms with van der Waals surface area (Å²) < 4.78 is 7.26. The number of benzene rings is 1. The number of aliphatic hydroxyl groups is 3. The normalized spacial score (nSPS) is 25.4. The molecule has 150 valence electrons. The second-order valence-corrected chi connectivity index (χ2v) is 6.60. The fourth-order valence-corrected chi connectivity index (χ4v) is 3.36. The summed E-state index contributed by atoms with van der Waals surface area (Å²) in [4.78, 5) is 18.3. The molecule has 11 heteroatoms. The van der Waals surface area contributed by atoms with Crippen molar-refractivity contribution in [3.05, 3.63) is 63.8 Å². The minimum Gasteiger partial charge on any atom is -0.387 e. The smallest absolute Gasteiger partial charge is 0.282 e. The van der Waals surface area contributed by atoms with Crippen LogP contribution in [0.2, 0.25) is 5.02 Å². The molecule has 5 atom stereocenters. The predicted octanol–water partition coefficient (Wildman–Crippen LogP) is -0.450. The molecule has 1 fully saturated rings. The number of hydrogen-bond donors (Lipinski definition) is 6. The highest BCUT2D eigenvalue weighted by molar-refractivity contribution is 6.30. The fourth-order valence-electron chi connectivity index (χ4n) is 3.23. The van der Waals surface area contributed by atoms with Crippen LogP contribution in [-0.2, 0) is 4.74 Å². The Morgan fingerprint density at radius 1 is 1.18 bits per heavy atom. The van der Waals surface area contributed by atoms with Crippen molar-refractivity contribution in [3.8, 4) is 0 Å². The first-order chi connectivity index (χ1) is 13.5. The zero-order valence-corrected chi connectivity index (χ0v) is 15.3. The van der Waals surface area contributed by atoms with Gasteiger partial charge in [0, 0.05) is 11.2 Å². The van der Waals surface area contributed by atoms with Crippen LogP contribution in [0.3, 0.4) is 0 Å². The molecule has 1 aromatic carbocycles. The van der Waals surface area contributed by atoms with Crippen molar-refractivity contribution >= 4 is 22.6 Å². The van der Waals surface area contributed by atoms with Crippen molar-refractivity contribution in [1.82, 2.24) is 14.5 Å². The first kappa shape index (κ1) is 20.4. The van der Waals surface area contributed by atoms with Gasteiger partial charge in [-0.2, -0.15) is 4.98 Å². The van der Waals surface area contributed by atoms with Crippen LogP contribution in [0.4, 0.5) is 0 Å². The van der Waals surface area contributed by atoms with Gasteiger partial charge in [0.1, 0.15) is 30.1 Å². The molecule has 0 aliphatic carbocycles. The summed E-state index contributed by atoms with van der Waals surface area (Å²) in [5.41, 5.74) is 0.493. The molecule has 0 spiro atoms. The molecule has 28 heavy (non-hydrogen) atoms. The Bertz CT molecular complexity index is 992. The monoisotopic (exact) mass is 409 g/mol. The fraction of sp³-hybridized carbons (Fsp3) is 0.294. The van der Waals surface area contributed by atoms with Crippen molar-refractivity contribution in [2.45, 2.75) is 30.6 Å².